The first-order valence-electron chi connectivity index (χ1n) is 6.60. The summed E-state index contributed by atoms with van der Waals surface area (Å²) >= 11 is 12.0. The third kappa shape index (κ3) is 2.39. The number of ether oxygens (including phenoxy) is 1. The van der Waals surface area contributed by atoms with E-state index in [-0.39, 0.29) is 5.02 Å². The molecule has 0 bridgehead atoms. The van der Waals surface area contributed by atoms with Crippen molar-refractivity contribution in [3.63, 3.8) is 0 Å². The van der Waals surface area contributed by atoms with Crippen molar-refractivity contribution in [2.45, 2.75) is 18.9 Å². The quantitative estimate of drug-likeness (QED) is 0.836. The third-order valence-electron chi connectivity index (χ3n) is 3.84. The number of fused-ring (bicyclic) bond motifs is 1. The number of hydrogen-bond donors (Lipinski definition) is 1. The van der Waals surface area contributed by atoms with Crippen molar-refractivity contribution in [3.05, 3.63) is 62.9 Å². The van der Waals surface area contributed by atoms with E-state index in [1.807, 2.05) is 18.2 Å². The molecule has 0 radical (unpaired) electrons. The minimum atomic E-state index is -0.974. The SMILES string of the molecule is CC(N)(c1cc(F)c(Cl)cc1Cl)c1cccc2c1OCC2. The van der Waals surface area contributed by atoms with Crippen molar-refractivity contribution in [3.8, 4) is 5.75 Å². The van der Waals surface area contributed by atoms with Crippen molar-refractivity contribution in [2.75, 3.05) is 6.61 Å². The number of para-hydroxylation sites is 1. The normalized spacial score (nSPS) is 16.2. The number of hydrogen-bond acceptors (Lipinski definition) is 2. The van der Waals surface area contributed by atoms with Gasteiger partial charge in [0.15, 0.2) is 0 Å². The highest BCUT2D eigenvalue weighted by atomic mass is 35.5. The van der Waals surface area contributed by atoms with Gasteiger partial charge in [0.25, 0.3) is 0 Å². The summed E-state index contributed by atoms with van der Waals surface area (Å²) in [5.41, 5.74) is 7.88. The number of benzene rings is 2. The fourth-order valence-corrected chi connectivity index (χ4v) is 3.27. The molecule has 0 aromatic heterocycles. The fraction of sp³-hybridized carbons (Fsp3) is 0.250. The predicted octanol–water partition coefficient (Wildman–Crippen LogP) is 4.29. The van der Waals surface area contributed by atoms with E-state index in [1.165, 1.54) is 12.1 Å². The van der Waals surface area contributed by atoms with Crippen LogP contribution in [0.1, 0.15) is 23.6 Å². The van der Waals surface area contributed by atoms with Gasteiger partial charge in [-0.3, -0.25) is 0 Å². The number of rotatable bonds is 2. The van der Waals surface area contributed by atoms with Gasteiger partial charge in [-0.2, -0.15) is 0 Å². The van der Waals surface area contributed by atoms with Crippen LogP contribution in [0.4, 0.5) is 4.39 Å². The van der Waals surface area contributed by atoms with Crippen molar-refractivity contribution in [2.24, 2.45) is 5.73 Å². The summed E-state index contributed by atoms with van der Waals surface area (Å²) in [6.45, 7) is 2.42. The fourth-order valence-electron chi connectivity index (χ4n) is 2.69. The highest BCUT2D eigenvalue weighted by Gasteiger charge is 2.32. The molecule has 1 unspecified atom stereocenters. The molecule has 1 aliphatic heterocycles. The molecule has 1 atom stereocenters. The summed E-state index contributed by atoms with van der Waals surface area (Å²) in [5.74, 6) is 0.232. The molecule has 21 heavy (non-hydrogen) atoms. The molecule has 2 aromatic carbocycles. The molecule has 2 aromatic rings. The molecule has 0 saturated heterocycles. The lowest BCUT2D eigenvalue weighted by Gasteiger charge is -2.28. The Balaban J connectivity index is 2.18. The van der Waals surface area contributed by atoms with E-state index in [9.17, 15) is 4.39 Å². The van der Waals surface area contributed by atoms with Gasteiger partial charge < -0.3 is 10.5 Å². The van der Waals surface area contributed by atoms with Crippen molar-refractivity contribution in [1.82, 2.24) is 0 Å². The van der Waals surface area contributed by atoms with E-state index in [1.54, 1.807) is 6.92 Å². The van der Waals surface area contributed by atoms with E-state index in [2.05, 4.69) is 0 Å². The van der Waals surface area contributed by atoms with Crippen molar-refractivity contribution >= 4 is 23.2 Å². The van der Waals surface area contributed by atoms with Gasteiger partial charge in [-0.1, -0.05) is 41.4 Å². The number of halogens is 3. The van der Waals surface area contributed by atoms with Crippen molar-refractivity contribution in [1.29, 1.82) is 0 Å². The Kier molecular flexibility index (Phi) is 3.60. The molecule has 5 heteroatoms. The monoisotopic (exact) mass is 325 g/mol. The molecule has 3 rings (SSSR count). The van der Waals surface area contributed by atoms with Crippen LogP contribution in [0, 0.1) is 5.82 Å². The lowest BCUT2D eigenvalue weighted by atomic mass is 9.84. The Morgan fingerprint density at radius 3 is 2.71 bits per heavy atom. The summed E-state index contributed by atoms with van der Waals surface area (Å²) in [7, 11) is 0. The van der Waals surface area contributed by atoms with Crippen LogP contribution in [-0.2, 0) is 12.0 Å². The molecule has 110 valence electrons. The van der Waals surface area contributed by atoms with Crippen LogP contribution in [0.15, 0.2) is 30.3 Å². The summed E-state index contributed by atoms with van der Waals surface area (Å²) < 4.78 is 19.5. The first-order valence-corrected chi connectivity index (χ1v) is 7.36. The van der Waals surface area contributed by atoms with E-state index in [0.29, 0.717) is 17.2 Å². The molecule has 1 heterocycles. The van der Waals surface area contributed by atoms with E-state index >= 15 is 0 Å². The van der Waals surface area contributed by atoms with Gasteiger partial charge in [0.05, 0.1) is 17.2 Å². The van der Waals surface area contributed by atoms with Gasteiger partial charge >= 0.3 is 0 Å². The lowest BCUT2D eigenvalue weighted by Crippen LogP contribution is -2.35. The zero-order valence-electron chi connectivity index (χ0n) is 11.4. The van der Waals surface area contributed by atoms with E-state index in [4.69, 9.17) is 33.7 Å². The molecule has 2 nitrogen and oxygen atoms in total. The molecular formula is C16H14Cl2FNO. The Labute approximate surface area is 132 Å². The lowest BCUT2D eigenvalue weighted by molar-refractivity contribution is 0.347. The molecule has 0 fully saturated rings. The molecule has 1 aliphatic rings. The Hall–Kier alpha value is -1.29. The summed E-state index contributed by atoms with van der Waals surface area (Å²) in [6, 6.07) is 8.48. The Bertz CT molecular complexity index is 716. The zero-order chi connectivity index (χ0) is 15.2. The third-order valence-corrected chi connectivity index (χ3v) is 4.45. The largest absolute Gasteiger partial charge is 0.493 e. The molecule has 2 N–H and O–H groups in total. The van der Waals surface area contributed by atoms with Gasteiger partial charge in [-0.15, -0.1) is 0 Å². The average Bonchev–Trinajstić information content (AvgIpc) is 2.90. The first kappa shape index (κ1) is 14.6. The second-order valence-electron chi connectivity index (χ2n) is 5.34. The van der Waals surface area contributed by atoms with Crippen LogP contribution in [0.5, 0.6) is 5.75 Å². The Morgan fingerprint density at radius 2 is 1.95 bits per heavy atom. The predicted molar refractivity (Wildman–Crippen MR) is 82.7 cm³/mol. The minimum absolute atomic E-state index is 0.0194. The smallest absolute Gasteiger partial charge is 0.142 e. The van der Waals surface area contributed by atoms with Crippen LogP contribution in [-0.4, -0.2) is 6.61 Å². The van der Waals surface area contributed by atoms with Gasteiger partial charge in [-0.05, 0) is 30.2 Å². The maximum atomic E-state index is 13.8. The molecule has 0 spiro atoms. The van der Waals surface area contributed by atoms with Gasteiger partial charge in [-0.25, -0.2) is 4.39 Å². The summed E-state index contributed by atoms with van der Waals surface area (Å²) in [4.78, 5) is 0. The van der Waals surface area contributed by atoms with Gasteiger partial charge in [0.2, 0.25) is 0 Å². The maximum Gasteiger partial charge on any atom is 0.142 e. The second kappa shape index (κ2) is 5.16. The van der Waals surface area contributed by atoms with Crippen LogP contribution < -0.4 is 10.5 Å². The average molecular weight is 326 g/mol. The van der Waals surface area contributed by atoms with Crippen LogP contribution in [0.3, 0.4) is 0 Å². The van der Waals surface area contributed by atoms with Crippen LogP contribution >= 0.6 is 23.2 Å². The number of nitrogens with two attached hydrogens (primary N) is 1. The van der Waals surface area contributed by atoms with Crippen molar-refractivity contribution < 1.29 is 9.13 Å². The van der Waals surface area contributed by atoms with E-state index < -0.39 is 11.4 Å². The molecule has 0 amide bonds. The topological polar surface area (TPSA) is 35.2 Å². The second-order valence-corrected chi connectivity index (χ2v) is 6.16. The molecule has 0 saturated carbocycles. The Morgan fingerprint density at radius 1 is 1.19 bits per heavy atom. The zero-order valence-corrected chi connectivity index (χ0v) is 12.9. The summed E-state index contributed by atoms with van der Waals surface area (Å²) in [5, 5.41) is 0.316. The van der Waals surface area contributed by atoms with Crippen LogP contribution in [0.2, 0.25) is 10.0 Å². The van der Waals surface area contributed by atoms with Gasteiger partial charge in [0.1, 0.15) is 11.6 Å². The molecule has 0 aliphatic carbocycles. The highest BCUT2D eigenvalue weighted by Crippen LogP contribution is 2.41. The standard InChI is InChI=1S/C16H14Cl2FNO/c1-16(20,11-7-14(19)13(18)8-12(11)17)10-4-2-3-9-5-6-21-15(9)10/h2-4,7-8H,5-6,20H2,1H3. The molecular weight excluding hydrogens is 312 g/mol. The van der Waals surface area contributed by atoms with Crippen LogP contribution in [0.25, 0.3) is 0 Å². The first-order chi connectivity index (χ1) is 9.91. The minimum Gasteiger partial charge on any atom is -0.493 e. The van der Waals surface area contributed by atoms with Gasteiger partial charge in [0, 0.05) is 17.0 Å². The van der Waals surface area contributed by atoms with E-state index in [0.717, 1.165) is 23.3 Å². The highest BCUT2D eigenvalue weighted by molar-refractivity contribution is 6.35. The maximum absolute atomic E-state index is 13.8. The summed E-state index contributed by atoms with van der Waals surface area (Å²) in [6.07, 6.45) is 0.849.